The van der Waals surface area contributed by atoms with Gasteiger partial charge in [0.2, 0.25) is 0 Å². The molecule has 0 spiro atoms. The van der Waals surface area contributed by atoms with E-state index in [0.29, 0.717) is 5.92 Å². The highest BCUT2D eigenvalue weighted by Crippen LogP contribution is 2.26. The minimum absolute atomic E-state index is 0.202. The smallest absolute Gasteiger partial charge is 0.135 e. The average molecular weight is 313 g/mol. The van der Waals surface area contributed by atoms with Crippen molar-refractivity contribution < 1.29 is 5.11 Å². The van der Waals surface area contributed by atoms with Crippen LogP contribution in [0.3, 0.4) is 0 Å². The van der Waals surface area contributed by atoms with E-state index in [0.717, 1.165) is 55.6 Å². The van der Waals surface area contributed by atoms with E-state index >= 15 is 0 Å². The van der Waals surface area contributed by atoms with Gasteiger partial charge in [-0.1, -0.05) is 6.07 Å². The lowest BCUT2D eigenvalue weighted by molar-refractivity contribution is 0.159. The molecule has 2 N–H and O–H groups in total. The van der Waals surface area contributed by atoms with Crippen molar-refractivity contribution in [3.8, 4) is 0 Å². The fourth-order valence-electron chi connectivity index (χ4n) is 3.02. The Morgan fingerprint density at radius 1 is 1.30 bits per heavy atom. The summed E-state index contributed by atoms with van der Waals surface area (Å²) < 4.78 is 0. The molecule has 3 rings (SSSR count). The predicted octanol–water partition coefficient (Wildman–Crippen LogP) is 2.10. The SMILES string of the molecule is Cc1cc(Nc2ccccn2)nc([C@H]2CCCN(CCO)C2)n1. The summed E-state index contributed by atoms with van der Waals surface area (Å²) in [4.78, 5) is 15.9. The third-order valence-corrected chi connectivity index (χ3v) is 4.08. The van der Waals surface area contributed by atoms with E-state index < -0.39 is 0 Å². The topological polar surface area (TPSA) is 74.2 Å². The number of rotatable bonds is 5. The molecule has 0 amide bonds. The summed E-state index contributed by atoms with van der Waals surface area (Å²) in [5.41, 5.74) is 0.952. The van der Waals surface area contributed by atoms with Gasteiger partial charge in [0, 0.05) is 37.0 Å². The van der Waals surface area contributed by atoms with Gasteiger partial charge < -0.3 is 15.3 Å². The number of nitrogens with zero attached hydrogens (tertiary/aromatic N) is 4. The molecule has 0 unspecified atom stereocenters. The fraction of sp³-hybridized carbons (Fsp3) is 0.471. The van der Waals surface area contributed by atoms with Gasteiger partial charge in [0.25, 0.3) is 0 Å². The molecule has 0 saturated carbocycles. The first-order valence-corrected chi connectivity index (χ1v) is 8.11. The summed E-state index contributed by atoms with van der Waals surface area (Å²) in [6.45, 7) is 4.87. The average Bonchev–Trinajstić information content (AvgIpc) is 2.56. The summed E-state index contributed by atoms with van der Waals surface area (Å²) in [6.07, 6.45) is 3.96. The number of hydrogen-bond acceptors (Lipinski definition) is 6. The molecule has 1 aliphatic rings. The number of hydrogen-bond donors (Lipinski definition) is 2. The van der Waals surface area contributed by atoms with Crippen molar-refractivity contribution in [3.63, 3.8) is 0 Å². The second-order valence-corrected chi connectivity index (χ2v) is 5.96. The van der Waals surface area contributed by atoms with Crippen LogP contribution in [0.4, 0.5) is 11.6 Å². The minimum atomic E-state index is 0.202. The second-order valence-electron chi connectivity index (χ2n) is 5.96. The van der Waals surface area contributed by atoms with Crippen molar-refractivity contribution >= 4 is 11.6 Å². The van der Waals surface area contributed by atoms with Crippen LogP contribution in [0.15, 0.2) is 30.5 Å². The van der Waals surface area contributed by atoms with Gasteiger partial charge in [-0.25, -0.2) is 15.0 Å². The summed E-state index contributed by atoms with van der Waals surface area (Å²) in [5, 5.41) is 12.4. The number of aromatic nitrogens is 3. The van der Waals surface area contributed by atoms with Crippen molar-refractivity contribution in [3.05, 3.63) is 42.0 Å². The molecular formula is C17H23N5O. The molecule has 0 aromatic carbocycles. The van der Waals surface area contributed by atoms with Gasteiger partial charge in [-0.05, 0) is 38.4 Å². The molecule has 1 fully saturated rings. The molecule has 6 heteroatoms. The van der Waals surface area contributed by atoms with E-state index in [-0.39, 0.29) is 6.61 Å². The Kier molecular flexibility index (Phi) is 5.15. The van der Waals surface area contributed by atoms with E-state index in [2.05, 4.69) is 20.2 Å². The van der Waals surface area contributed by atoms with Gasteiger partial charge >= 0.3 is 0 Å². The van der Waals surface area contributed by atoms with Crippen LogP contribution in [0.2, 0.25) is 0 Å². The number of β-amino-alcohol motifs (C(OH)–C–C–N with tert-alkyl or cyclic N) is 1. The highest BCUT2D eigenvalue weighted by atomic mass is 16.3. The minimum Gasteiger partial charge on any atom is -0.395 e. The number of likely N-dealkylation sites (tertiary alicyclic amines) is 1. The molecule has 0 aliphatic carbocycles. The van der Waals surface area contributed by atoms with Crippen LogP contribution in [0.5, 0.6) is 0 Å². The maximum atomic E-state index is 9.14. The first-order valence-electron chi connectivity index (χ1n) is 8.11. The zero-order valence-corrected chi connectivity index (χ0v) is 13.4. The number of nitrogens with one attached hydrogen (secondary N) is 1. The number of aliphatic hydroxyl groups is 1. The maximum Gasteiger partial charge on any atom is 0.135 e. The summed E-state index contributed by atoms with van der Waals surface area (Å²) in [6, 6.07) is 7.69. The van der Waals surface area contributed by atoms with Crippen molar-refractivity contribution in [2.75, 3.05) is 31.6 Å². The summed E-state index contributed by atoms with van der Waals surface area (Å²) in [5.74, 6) is 2.76. The molecule has 0 bridgehead atoms. The highest BCUT2D eigenvalue weighted by molar-refractivity contribution is 5.51. The first-order chi connectivity index (χ1) is 11.2. The molecule has 1 aliphatic heterocycles. The van der Waals surface area contributed by atoms with Gasteiger partial charge in [-0.2, -0.15) is 0 Å². The van der Waals surface area contributed by atoms with Crippen LogP contribution in [-0.4, -0.2) is 51.2 Å². The zero-order chi connectivity index (χ0) is 16.1. The lowest BCUT2D eigenvalue weighted by Gasteiger charge is -2.31. The van der Waals surface area contributed by atoms with Crippen LogP contribution in [-0.2, 0) is 0 Å². The third-order valence-electron chi connectivity index (χ3n) is 4.08. The summed E-state index contributed by atoms with van der Waals surface area (Å²) >= 11 is 0. The molecule has 1 saturated heterocycles. The molecule has 2 aromatic heterocycles. The third kappa shape index (κ3) is 4.24. The Bertz CT molecular complexity index is 632. The Labute approximate surface area is 136 Å². The van der Waals surface area contributed by atoms with Gasteiger partial charge in [0.15, 0.2) is 0 Å². The Balaban J connectivity index is 1.77. The molecule has 6 nitrogen and oxygen atoms in total. The van der Waals surface area contributed by atoms with Crippen LogP contribution in [0.25, 0.3) is 0 Å². The number of anilines is 2. The van der Waals surface area contributed by atoms with Crippen LogP contribution >= 0.6 is 0 Å². The molecule has 23 heavy (non-hydrogen) atoms. The molecule has 0 radical (unpaired) electrons. The molecule has 122 valence electrons. The Morgan fingerprint density at radius 2 is 2.22 bits per heavy atom. The fourth-order valence-corrected chi connectivity index (χ4v) is 3.02. The lowest BCUT2D eigenvalue weighted by Crippen LogP contribution is -2.36. The van der Waals surface area contributed by atoms with E-state index in [1.807, 2.05) is 31.2 Å². The number of aryl methyl sites for hydroxylation is 1. The van der Waals surface area contributed by atoms with Crippen LogP contribution < -0.4 is 5.32 Å². The van der Waals surface area contributed by atoms with E-state index in [1.165, 1.54) is 0 Å². The number of piperidine rings is 1. The monoisotopic (exact) mass is 313 g/mol. The van der Waals surface area contributed by atoms with Crippen molar-refractivity contribution in [2.24, 2.45) is 0 Å². The van der Waals surface area contributed by atoms with E-state index in [4.69, 9.17) is 10.1 Å². The van der Waals surface area contributed by atoms with Gasteiger partial charge in [-0.15, -0.1) is 0 Å². The van der Waals surface area contributed by atoms with Crippen LogP contribution in [0, 0.1) is 6.92 Å². The first kappa shape index (κ1) is 15.8. The zero-order valence-electron chi connectivity index (χ0n) is 13.4. The maximum absolute atomic E-state index is 9.14. The van der Waals surface area contributed by atoms with Crippen molar-refractivity contribution in [1.29, 1.82) is 0 Å². The van der Waals surface area contributed by atoms with Gasteiger partial charge in [0.1, 0.15) is 17.5 Å². The molecule has 3 heterocycles. The normalized spacial score (nSPS) is 18.8. The quantitative estimate of drug-likeness (QED) is 0.880. The van der Waals surface area contributed by atoms with Crippen molar-refractivity contribution in [1.82, 2.24) is 19.9 Å². The molecular weight excluding hydrogens is 290 g/mol. The Morgan fingerprint density at radius 3 is 3.00 bits per heavy atom. The number of aliphatic hydroxyl groups excluding tert-OH is 1. The van der Waals surface area contributed by atoms with Gasteiger partial charge in [-0.3, -0.25) is 0 Å². The van der Waals surface area contributed by atoms with Gasteiger partial charge in [0.05, 0.1) is 6.61 Å². The molecule has 1 atom stereocenters. The highest BCUT2D eigenvalue weighted by Gasteiger charge is 2.23. The lowest BCUT2D eigenvalue weighted by atomic mass is 9.97. The summed E-state index contributed by atoms with van der Waals surface area (Å²) in [7, 11) is 0. The molecule has 2 aromatic rings. The van der Waals surface area contributed by atoms with Crippen molar-refractivity contribution in [2.45, 2.75) is 25.7 Å². The van der Waals surface area contributed by atoms with Crippen LogP contribution in [0.1, 0.15) is 30.3 Å². The second kappa shape index (κ2) is 7.48. The predicted molar refractivity (Wildman–Crippen MR) is 89.8 cm³/mol. The number of pyridine rings is 1. The standard InChI is InChI=1S/C17H23N5O/c1-13-11-16(20-15-6-2-3-7-18-15)21-17(19-13)14-5-4-8-22(12-14)9-10-23/h2-3,6-7,11,14,23H,4-5,8-10,12H2,1H3,(H,18,19,20,21)/t14-/m0/s1. The van der Waals surface area contributed by atoms with E-state index in [1.54, 1.807) is 6.20 Å². The largest absolute Gasteiger partial charge is 0.395 e. The van der Waals surface area contributed by atoms with E-state index in [9.17, 15) is 0 Å². The Hall–Kier alpha value is -2.05.